The van der Waals surface area contributed by atoms with Crippen molar-refractivity contribution in [3.8, 4) is 5.75 Å². The van der Waals surface area contributed by atoms with Gasteiger partial charge < -0.3 is 19.3 Å². The Hall–Kier alpha value is -1.95. The molecule has 1 aliphatic heterocycles. The Bertz CT molecular complexity index is 728. The Balaban J connectivity index is 1.79. The van der Waals surface area contributed by atoms with Gasteiger partial charge in [-0.2, -0.15) is 0 Å². The molecule has 0 saturated carbocycles. The van der Waals surface area contributed by atoms with Crippen LogP contribution in [0.2, 0.25) is 0 Å². The molecule has 2 aromatic carbocycles. The zero-order valence-electron chi connectivity index (χ0n) is 14.7. The fourth-order valence-electron chi connectivity index (χ4n) is 2.83. The zero-order valence-corrected chi connectivity index (χ0v) is 14.7. The second-order valence-corrected chi connectivity index (χ2v) is 6.91. The molecular weight excluding hydrogens is 323 g/mol. The standard InChI is InChI=1S/C20H23FO4/c1-19(2)24-13-18(25-19)20(3,22)15-9-16(21)11-17(10-15)23-12-14-7-5-4-6-8-14/h4-11,18,22H,12-13H2,1-3H3/t18-,20+/m1/s1. The van der Waals surface area contributed by atoms with Crippen molar-refractivity contribution in [2.75, 3.05) is 6.61 Å². The highest BCUT2D eigenvalue weighted by Gasteiger charge is 2.44. The Morgan fingerprint density at radius 2 is 1.96 bits per heavy atom. The second-order valence-electron chi connectivity index (χ2n) is 6.91. The van der Waals surface area contributed by atoms with E-state index in [2.05, 4.69) is 0 Å². The van der Waals surface area contributed by atoms with Crippen LogP contribution in [0, 0.1) is 5.82 Å². The van der Waals surface area contributed by atoms with Crippen molar-refractivity contribution >= 4 is 0 Å². The number of benzene rings is 2. The number of aliphatic hydroxyl groups is 1. The SMILES string of the molecule is CC1(C)OC[C@H]([C@@](C)(O)c2cc(F)cc(OCc3ccccc3)c2)O1. The minimum absolute atomic E-state index is 0.233. The average Bonchev–Trinajstić information content (AvgIpc) is 2.94. The van der Waals surface area contributed by atoms with Gasteiger partial charge >= 0.3 is 0 Å². The van der Waals surface area contributed by atoms with E-state index < -0.39 is 23.3 Å². The van der Waals surface area contributed by atoms with E-state index >= 15 is 0 Å². The van der Waals surface area contributed by atoms with Crippen LogP contribution in [0.4, 0.5) is 4.39 Å². The molecule has 2 aromatic rings. The second kappa shape index (κ2) is 6.75. The Kier molecular flexibility index (Phi) is 4.82. The summed E-state index contributed by atoms with van der Waals surface area (Å²) in [6, 6.07) is 13.9. The van der Waals surface area contributed by atoms with Gasteiger partial charge in [-0.15, -0.1) is 0 Å². The molecule has 0 spiro atoms. The Morgan fingerprint density at radius 3 is 2.60 bits per heavy atom. The molecule has 1 heterocycles. The fraction of sp³-hybridized carbons (Fsp3) is 0.400. The van der Waals surface area contributed by atoms with Crippen LogP contribution in [-0.4, -0.2) is 23.6 Å². The van der Waals surface area contributed by atoms with Crippen molar-refractivity contribution in [1.82, 2.24) is 0 Å². The van der Waals surface area contributed by atoms with Gasteiger partial charge in [-0.3, -0.25) is 0 Å². The number of hydrogen-bond acceptors (Lipinski definition) is 4. The van der Waals surface area contributed by atoms with Crippen LogP contribution in [0.5, 0.6) is 5.75 Å². The predicted molar refractivity (Wildman–Crippen MR) is 91.6 cm³/mol. The smallest absolute Gasteiger partial charge is 0.163 e. The highest BCUT2D eigenvalue weighted by molar-refractivity contribution is 5.34. The molecule has 3 rings (SSSR count). The quantitative estimate of drug-likeness (QED) is 0.895. The van der Waals surface area contributed by atoms with Gasteiger partial charge in [0.05, 0.1) is 6.61 Å². The van der Waals surface area contributed by atoms with E-state index in [1.54, 1.807) is 26.8 Å². The van der Waals surface area contributed by atoms with E-state index in [1.807, 2.05) is 30.3 Å². The summed E-state index contributed by atoms with van der Waals surface area (Å²) < 4.78 is 31.0. The van der Waals surface area contributed by atoms with Gasteiger partial charge in [0, 0.05) is 6.07 Å². The molecular formula is C20H23FO4. The molecule has 0 aliphatic carbocycles. The Labute approximate surface area is 147 Å². The molecule has 25 heavy (non-hydrogen) atoms. The van der Waals surface area contributed by atoms with Gasteiger partial charge in [0.2, 0.25) is 0 Å². The highest BCUT2D eigenvalue weighted by Crippen LogP contribution is 2.36. The first-order valence-electron chi connectivity index (χ1n) is 8.28. The first-order valence-corrected chi connectivity index (χ1v) is 8.28. The average molecular weight is 346 g/mol. The van der Waals surface area contributed by atoms with Gasteiger partial charge in [-0.25, -0.2) is 4.39 Å². The maximum atomic E-state index is 14.1. The van der Waals surface area contributed by atoms with Gasteiger partial charge in [-0.05, 0) is 44.0 Å². The topological polar surface area (TPSA) is 47.9 Å². The summed E-state index contributed by atoms with van der Waals surface area (Å²) in [5, 5.41) is 10.9. The van der Waals surface area contributed by atoms with Crippen molar-refractivity contribution in [2.45, 2.75) is 44.9 Å². The monoisotopic (exact) mass is 346 g/mol. The van der Waals surface area contributed by atoms with Gasteiger partial charge in [0.25, 0.3) is 0 Å². The lowest BCUT2D eigenvalue weighted by atomic mass is 9.90. The van der Waals surface area contributed by atoms with Crippen molar-refractivity contribution in [3.05, 3.63) is 65.5 Å². The van der Waals surface area contributed by atoms with E-state index in [9.17, 15) is 9.50 Å². The van der Waals surface area contributed by atoms with Crippen LogP contribution in [-0.2, 0) is 21.7 Å². The van der Waals surface area contributed by atoms with E-state index in [0.29, 0.717) is 17.9 Å². The summed E-state index contributed by atoms with van der Waals surface area (Å²) >= 11 is 0. The van der Waals surface area contributed by atoms with E-state index in [4.69, 9.17) is 14.2 Å². The molecule has 0 bridgehead atoms. The molecule has 5 heteroatoms. The maximum absolute atomic E-state index is 14.1. The van der Waals surface area contributed by atoms with E-state index in [0.717, 1.165) is 5.56 Å². The molecule has 0 radical (unpaired) electrons. The lowest BCUT2D eigenvalue weighted by Crippen LogP contribution is -2.39. The summed E-state index contributed by atoms with van der Waals surface area (Å²) in [5.74, 6) is -0.884. The van der Waals surface area contributed by atoms with Crippen LogP contribution < -0.4 is 4.74 Å². The number of hydrogen-bond donors (Lipinski definition) is 1. The van der Waals surface area contributed by atoms with Gasteiger partial charge in [0.1, 0.15) is 29.9 Å². The molecule has 0 amide bonds. The molecule has 2 atom stereocenters. The van der Waals surface area contributed by atoms with Crippen LogP contribution in [0.3, 0.4) is 0 Å². The fourth-order valence-corrected chi connectivity index (χ4v) is 2.83. The van der Waals surface area contributed by atoms with E-state index in [-0.39, 0.29) is 6.61 Å². The minimum atomic E-state index is -1.40. The van der Waals surface area contributed by atoms with Crippen molar-refractivity contribution in [1.29, 1.82) is 0 Å². The van der Waals surface area contributed by atoms with Crippen molar-refractivity contribution in [2.24, 2.45) is 0 Å². The predicted octanol–water partition coefficient (Wildman–Crippen LogP) is 3.76. The first kappa shape index (κ1) is 17.9. The van der Waals surface area contributed by atoms with E-state index in [1.165, 1.54) is 12.1 Å². The van der Waals surface area contributed by atoms with Gasteiger partial charge in [0.15, 0.2) is 5.79 Å². The molecule has 1 fully saturated rings. The van der Waals surface area contributed by atoms with Crippen molar-refractivity contribution < 1.29 is 23.7 Å². The third-order valence-corrected chi connectivity index (χ3v) is 4.34. The Morgan fingerprint density at radius 1 is 1.24 bits per heavy atom. The third kappa shape index (κ3) is 4.18. The normalized spacial score (nSPS) is 21.7. The number of halogens is 1. The molecule has 4 nitrogen and oxygen atoms in total. The summed E-state index contributed by atoms with van der Waals surface area (Å²) in [6.07, 6.45) is -0.591. The maximum Gasteiger partial charge on any atom is 0.163 e. The molecule has 134 valence electrons. The summed E-state index contributed by atoms with van der Waals surface area (Å²) in [7, 11) is 0. The largest absolute Gasteiger partial charge is 0.489 e. The minimum Gasteiger partial charge on any atom is -0.489 e. The zero-order chi connectivity index (χ0) is 18.1. The molecule has 1 N–H and O–H groups in total. The number of rotatable bonds is 5. The van der Waals surface area contributed by atoms with Crippen LogP contribution >= 0.6 is 0 Å². The lowest BCUT2D eigenvalue weighted by Gasteiger charge is -2.30. The highest BCUT2D eigenvalue weighted by atomic mass is 19.1. The number of ether oxygens (including phenoxy) is 3. The van der Waals surface area contributed by atoms with Crippen LogP contribution in [0.25, 0.3) is 0 Å². The molecule has 1 aliphatic rings. The summed E-state index contributed by atoms with van der Waals surface area (Å²) in [6.45, 7) is 5.71. The summed E-state index contributed by atoms with van der Waals surface area (Å²) in [4.78, 5) is 0. The molecule has 0 aromatic heterocycles. The summed E-state index contributed by atoms with van der Waals surface area (Å²) in [5.41, 5.74) is -0.0306. The third-order valence-electron chi connectivity index (χ3n) is 4.34. The first-order chi connectivity index (χ1) is 11.8. The molecule has 1 saturated heterocycles. The lowest BCUT2D eigenvalue weighted by molar-refractivity contribution is -0.168. The van der Waals surface area contributed by atoms with Crippen LogP contribution in [0.15, 0.2) is 48.5 Å². The van der Waals surface area contributed by atoms with Gasteiger partial charge in [-0.1, -0.05) is 30.3 Å². The van der Waals surface area contributed by atoms with Crippen molar-refractivity contribution in [3.63, 3.8) is 0 Å². The van der Waals surface area contributed by atoms with Crippen LogP contribution in [0.1, 0.15) is 31.9 Å². The molecule has 0 unspecified atom stereocenters.